The number of hydrogen-bond acceptors (Lipinski definition) is 4. The second-order valence-corrected chi connectivity index (χ2v) is 3.70. The Balaban J connectivity index is 2.54. The van der Waals surface area contributed by atoms with Gasteiger partial charge in [-0.25, -0.2) is 9.18 Å². The van der Waals surface area contributed by atoms with Crippen molar-refractivity contribution in [3.05, 3.63) is 30.1 Å². The van der Waals surface area contributed by atoms with Crippen LogP contribution in [0.2, 0.25) is 0 Å². The van der Waals surface area contributed by atoms with Crippen molar-refractivity contribution in [1.82, 2.24) is 0 Å². The van der Waals surface area contributed by atoms with E-state index >= 15 is 0 Å². The second kappa shape index (κ2) is 6.00. The number of hydrogen-bond donors (Lipinski definition) is 1. The molecule has 2 atom stereocenters. The van der Waals surface area contributed by atoms with Gasteiger partial charge in [-0.05, 0) is 38.1 Å². The minimum absolute atomic E-state index is 0.326. The lowest BCUT2D eigenvalue weighted by Crippen LogP contribution is -2.35. The zero-order valence-corrected chi connectivity index (χ0v) is 10.1. The largest absolute Gasteiger partial charge is 0.479 e. The highest BCUT2D eigenvalue weighted by Crippen LogP contribution is 2.13. The number of amides is 1. The van der Waals surface area contributed by atoms with Gasteiger partial charge >= 0.3 is 5.97 Å². The summed E-state index contributed by atoms with van der Waals surface area (Å²) in [6, 6.07) is 5.19. The molecule has 0 heterocycles. The summed E-state index contributed by atoms with van der Waals surface area (Å²) in [6.45, 7) is 2.82. The Labute approximate surface area is 104 Å². The molecule has 1 amide bonds. The summed E-state index contributed by atoms with van der Waals surface area (Å²) in [4.78, 5) is 22.2. The van der Waals surface area contributed by atoms with Gasteiger partial charge in [-0.2, -0.15) is 0 Å². The summed E-state index contributed by atoms with van der Waals surface area (Å²) in [5, 5.41) is 0. The van der Waals surface area contributed by atoms with Crippen LogP contribution in [0.25, 0.3) is 0 Å². The number of esters is 1. The average Bonchev–Trinajstić information content (AvgIpc) is 2.31. The zero-order chi connectivity index (χ0) is 13.7. The highest BCUT2D eigenvalue weighted by Gasteiger charge is 2.21. The molecule has 0 fully saturated rings. The first-order chi connectivity index (χ1) is 8.40. The van der Waals surface area contributed by atoms with E-state index in [-0.39, 0.29) is 0 Å². The van der Waals surface area contributed by atoms with Crippen molar-refractivity contribution in [1.29, 1.82) is 0 Å². The van der Waals surface area contributed by atoms with Gasteiger partial charge in [0.1, 0.15) is 11.6 Å². The lowest BCUT2D eigenvalue weighted by Gasteiger charge is -2.16. The monoisotopic (exact) mass is 255 g/mol. The van der Waals surface area contributed by atoms with E-state index < -0.39 is 29.9 Å². The lowest BCUT2D eigenvalue weighted by molar-refractivity contribution is -0.159. The topological polar surface area (TPSA) is 78.6 Å². The predicted octanol–water partition coefficient (Wildman–Crippen LogP) is 1.01. The molecule has 0 radical (unpaired) electrons. The van der Waals surface area contributed by atoms with Crippen LogP contribution in [0.5, 0.6) is 5.75 Å². The summed E-state index contributed by atoms with van der Waals surface area (Å²) in [5.41, 5.74) is 4.95. The van der Waals surface area contributed by atoms with E-state index in [4.69, 9.17) is 15.2 Å². The second-order valence-electron chi connectivity index (χ2n) is 3.70. The van der Waals surface area contributed by atoms with Crippen molar-refractivity contribution in [2.45, 2.75) is 26.1 Å². The first-order valence-corrected chi connectivity index (χ1v) is 5.32. The smallest absolute Gasteiger partial charge is 0.347 e. The van der Waals surface area contributed by atoms with Gasteiger partial charge in [0.25, 0.3) is 5.91 Å². The van der Waals surface area contributed by atoms with E-state index in [0.29, 0.717) is 5.75 Å². The normalized spacial score (nSPS) is 13.5. The van der Waals surface area contributed by atoms with Crippen LogP contribution in [0.3, 0.4) is 0 Å². The number of benzene rings is 1. The molecule has 0 spiro atoms. The molecule has 1 aromatic rings. The molecule has 6 heteroatoms. The van der Waals surface area contributed by atoms with E-state index in [1.807, 2.05) is 0 Å². The molecule has 0 bridgehead atoms. The molecule has 18 heavy (non-hydrogen) atoms. The van der Waals surface area contributed by atoms with E-state index in [2.05, 4.69) is 0 Å². The van der Waals surface area contributed by atoms with Crippen molar-refractivity contribution in [2.75, 3.05) is 0 Å². The number of primary amides is 1. The maximum atomic E-state index is 12.6. The standard InChI is InChI=1S/C12H14FNO4/c1-7(11(14)15)18-12(16)8(2)17-10-5-3-9(13)4-6-10/h3-8H,1-2H3,(H2,14,15). The minimum Gasteiger partial charge on any atom is -0.479 e. The SMILES string of the molecule is CC(OC(=O)C(C)Oc1ccc(F)cc1)C(N)=O. The predicted molar refractivity (Wildman–Crippen MR) is 61.2 cm³/mol. The fourth-order valence-corrected chi connectivity index (χ4v) is 1.09. The molecule has 0 aromatic heterocycles. The molecule has 5 nitrogen and oxygen atoms in total. The van der Waals surface area contributed by atoms with Gasteiger partial charge < -0.3 is 15.2 Å². The molecule has 0 aliphatic rings. The molecule has 1 aromatic carbocycles. The maximum absolute atomic E-state index is 12.6. The molecular formula is C12H14FNO4. The fraction of sp³-hybridized carbons (Fsp3) is 0.333. The summed E-state index contributed by atoms with van der Waals surface area (Å²) in [7, 11) is 0. The molecule has 2 unspecified atom stereocenters. The lowest BCUT2D eigenvalue weighted by atomic mass is 10.3. The first-order valence-electron chi connectivity index (χ1n) is 5.32. The number of carbonyl (C=O) groups is 2. The van der Waals surface area contributed by atoms with Crippen LogP contribution in [0.4, 0.5) is 4.39 Å². The van der Waals surface area contributed by atoms with E-state index in [0.717, 1.165) is 0 Å². The van der Waals surface area contributed by atoms with Crippen LogP contribution < -0.4 is 10.5 Å². The van der Waals surface area contributed by atoms with Crippen LogP contribution in [-0.2, 0) is 14.3 Å². The first kappa shape index (κ1) is 14.0. The molecule has 98 valence electrons. The van der Waals surface area contributed by atoms with Crippen LogP contribution in [0.15, 0.2) is 24.3 Å². The molecule has 0 saturated heterocycles. The number of ether oxygens (including phenoxy) is 2. The minimum atomic E-state index is -1.02. The fourth-order valence-electron chi connectivity index (χ4n) is 1.09. The molecular weight excluding hydrogens is 241 g/mol. The van der Waals surface area contributed by atoms with Crippen LogP contribution in [0, 0.1) is 5.82 Å². The van der Waals surface area contributed by atoms with E-state index in [1.54, 1.807) is 0 Å². The van der Waals surface area contributed by atoms with Crippen molar-refractivity contribution in [3.63, 3.8) is 0 Å². The van der Waals surface area contributed by atoms with Crippen LogP contribution in [-0.4, -0.2) is 24.1 Å². The van der Waals surface area contributed by atoms with Crippen molar-refractivity contribution < 1.29 is 23.5 Å². The number of halogens is 1. The summed E-state index contributed by atoms with van der Waals surface area (Å²) < 4.78 is 22.6. The van der Waals surface area contributed by atoms with Gasteiger partial charge in [-0.3, -0.25) is 4.79 Å². The van der Waals surface area contributed by atoms with Gasteiger partial charge in [0.05, 0.1) is 0 Å². The Morgan fingerprint density at radius 2 is 1.72 bits per heavy atom. The molecule has 1 rings (SSSR count). The van der Waals surface area contributed by atoms with Crippen LogP contribution >= 0.6 is 0 Å². The third-order valence-electron chi connectivity index (χ3n) is 2.15. The quantitative estimate of drug-likeness (QED) is 0.796. The third kappa shape index (κ3) is 4.04. The summed E-state index contributed by atoms with van der Waals surface area (Å²) >= 11 is 0. The van der Waals surface area contributed by atoms with Gasteiger partial charge in [0.15, 0.2) is 12.2 Å². The Hall–Kier alpha value is -2.11. The highest BCUT2D eigenvalue weighted by atomic mass is 19.1. The Morgan fingerprint density at radius 3 is 2.22 bits per heavy atom. The van der Waals surface area contributed by atoms with E-state index in [9.17, 15) is 14.0 Å². The van der Waals surface area contributed by atoms with Crippen molar-refractivity contribution >= 4 is 11.9 Å². The average molecular weight is 255 g/mol. The van der Waals surface area contributed by atoms with Gasteiger partial charge in [-0.15, -0.1) is 0 Å². The molecule has 0 aliphatic carbocycles. The Kier molecular flexibility index (Phi) is 4.65. The Morgan fingerprint density at radius 1 is 1.17 bits per heavy atom. The van der Waals surface area contributed by atoms with Crippen molar-refractivity contribution in [3.8, 4) is 5.75 Å². The molecule has 2 N–H and O–H groups in total. The van der Waals surface area contributed by atoms with Gasteiger partial charge in [-0.1, -0.05) is 0 Å². The Bertz CT molecular complexity index is 432. The van der Waals surface area contributed by atoms with Gasteiger partial charge in [0, 0.05) is 0 Å². The summed E-state index contributed by atoms with van der Waals surface area (Å²) in [6.07, 6.45) is -1.94. The molecule has 0 aliphatic heterocycles. The number of rotatable bonds is 5. The number of nitrogens with two attached hydrogens (primary N) is 1. The zero-order valence-electron chi connectivity index (χ0n) is 10.1. The highest BCUT2D eigenvalue weighted by molar-refractivity contribution is 5.83. The maximum Gasteiger partial charge on any atom is 0.347 e. The summed E-state index contributed by atoms with van der Waals surface area (Å²) in [5.74, 6) is -1.53. The van der Waals surface area contributed by atoms with E-state index in [1.165, 1.54) is 38.1 Å². The number of carbonyl (C=O) groups excluding carboxylic acids is 2. The third-order valence-corrected chi connectivity index (χ3v) is 2.15. The van der Waals surface area contributed by atoms with Crippen LogP contribution in [0.1, 0.15) is 13.8 Å². The molecule has 0 saturated carbocycles. The van der Waals surface area contributed by atoms with Gasteiger partial charge in [0.2, 0.25) is 0 Å². The van der Waals surface area contributed by atoms with Crippen molar-refractivity contribution in [2.24, 2.45) is 5.73 Å².